The van der Waals surface area contributed by atoms with Gasteiger partial charge in [0.15, 0.2) is 6.29 Å². The first-order valence-corrected chi connectivity index (χ1v) is 18.8. The number of morpholine rings is 1. The van der Waals surface area contributed by atoms with Crippen LogP contribution in [0, 0.1) is 50.7 Å². The fraction of sp³-hybridized carbons (Fsp3) is 0.974. The van der Waals surface area contributed by atoms with E-state index in [1.807, 2.05) is 25.7 Å². The van der Waals surface area contributed by atoms with Crippen LogP contribution in [0.2, 0.25) is 0 Å². The van der Waals surface area contributed by atoms with Crippen LogP contribution in [0.1, 0.15) is 107 Å². The molecule has 7 rings (SSSR count). The van der Waals surface area contributed by atoms with E-state index in [9.17, 15) is 20.1 Å². The summed E-state index contributed by atoms with van der Waals surface area (Å²) in [6.07, 6.45) is 7.09. The lowest BCUT2D eigenvalue weighted by molar-refractivity contribution is -0.248. The molecule has 4 unspecified atom stereocenters. The molecule has 47 heavy (non-hydrogen) atoms. The van der Waals surface area contributed by atoms with Crippen molar-refractivity contribution in [1.82, 2.24) is 4.90 Å². The monoisotopic (exact) mass is 661 g/mol. The van der Waals surface area contributed by atoms with E-state index in [2.05, 4.69) is 34.6 Å². The van der Waals surface area contributed by atoms with Crippen LogP contribution >= 0.6 is 0 Å². The van der Waals surface area contributed by atoms with Crippen molar-refractivity contribution in [2.24, 2.45) is 50.7 Å². The van der Waals surface area contributed by atoms with Gasteiger partial charge >= 0.3 is 5.97 Å². The van der Waals surface area contributed by atoms with Crippen molar-refractivity contribution in [3.63, 3.8) is 0 Å². The Kier molecular flexibility index (Phi) is 8.36. The molecule has 0 aromatic carbocycles. The second kappa shape index (κ2) is 11.3. The summed E-state index contributed by atoms with van der Waals surface area (Å²) in [4.78, 5) is 13.3. The van der Waals surface area contributed by atoms with E-state index in [4.69, 9.17) is 18.9 Å². The van der Waals surface area contributed by atoms with E-state index in [1.54, 1.807) is 0 Å². The van der Waals surface area contributed by atoms with E-state index >= 15 is 0 Å². The van der Waals surface area contributed by atoms with Crippen LogP contribution in [0.5, 0.6) is 0 Å². The molecule has 2 heterocycles. The number of aliphatic hydroxyl groups is 2. The van der Waals surface area contributed by atoms with Gasteiger partial charge in [-0.3, -0.25) is 9.69 Å². The maximum Gasteiger partial charge on any atom is 0.317 e. The number of rotatable bonds is 8. The van der Waals surface area contributed by atoms with E-state index in [1.165, 1.54) is 12.8 Å². The highest BCUT2D eigenvalue weighted by Gasteiger charge is 2.84. The molecule has 5 saturated carbocycles. The molecule has 7 fully saturated rings. The lowest BCUT2D eigenvalue weighted by atomic mass is 9.41. The first kappa shape index (κ1) is 34.6. The first-order chi connectivity index (χ1) is 22.0. The highest BCUT2D eigenvalue weighted by Crippen LogP contribution is 2.89. The third-order valence-corrected chi connectivity index (χ3v) is 15.9. The lowest BCUT2D eigenvalue weighted by Gasteiger charge is -2.64. The standard InChI is InChI=1S/C38H63NO8/c1-9-44-32(34(5,6)43)23-18-22(2)29-30(46-23)31(42)36(8)25-11-10-24-33(3,4)26(47-28-20-39(16-17-45-28)19-27(40)41)12-13-37(24)21-38(25,37)15-14-35(29,36)7/h22-26,28-32,42-43H,9-21H2,1-8H3,(H,40,41)/t22-,23?,24+,25?,26+,28+,29+,30?,31+,32+,35-,36-,37-,38?/m1/s1. The fourth-order valence-corrected chi connectivity index (χ4v) is 14.0. The smallest absolute Gasteiger partial charge is 0.317 e. The summed E-state index contributed by atoms with van der Waals surface area (Å²) in [7, 11) is 0. The Bertz CT molecular complexity index is 1220. The second-order valence-electron chi connectivity index (χ2n) is 18.6. The van der Waals surface area contributed by atoms with Crippen molar-refractivity contribution in [3.8, 4) is 0 Å². The third kappa shape index (κ3) is 4.82. The molecule has 2 aliphatic heterocycles. The maximum atomic E-state index is 12.6. The van der Waals surface area contributed by atoms with Gasteiger partial charge in [-0.05, 0) is 117 Å². The summed E-state index contributed by atoms with van der Waals surface area (Å²) in [5.41, 5.74) is -0.767. The quantitative estimate of drug-likeness (QED) is 0.327. The summed E-state index contributed by atoms with van der Waals surface area (Å²) >= 11 is 0. The number of carboxylic acid groups (broad SMARTS) is 1. The number of carbonyl (C=O) groups is 1. The number of fused-ring (bicyclic) bond motifs is 4. The lowest BCUT2D eigenvalue weighted by Crippen LogP contribution is -2.60. The van der Waals surface area contributed by atoms with Crippen molar-refractivity contribution in [2.75, 3.05) is 32.8 Å². The first-order valence-electron chi connectivity index (χ1n) is 18.8. The number of carboxylic acids is 1. The Morgan fingerprint density at radius 2 is 1.77 bits per heavy atom. The Morgan fingerprint density at radius 1 is 1.06 bits per heavy atom. The highest BCUT2D eigenvalue weighted by atomic mass is 16.7. The Hall–Kier alpha value is -0.810. The number of aliphatic hydroxyl groups excluding tert-OH is 1. The summed E-state index contributed by atoms with van der Waals surface area (Å²) in [6.45, 7) is 19.8. The SMILES string of the molecule is CCO[C@@H](C1C[C@@H](C)[C@H]2C(O1)[C@H](O)[C@@]1(C)C3CC[C@H]4C(C)(C)[C@@H](O[C@H]5CN(CC(=O)O)CCO5)CC[C@@]45CC35CC[C@]21C)C(C)(C)O. The molecule has 9 nitrogen and oxygen atoms in total. The van der Waals surface area contributed by atoms with E-state index in [-0.39, 0.29) is 64.1 Å². The molecule has 268 valence electrons. The molecule has 2 saturated heterocycles. The number of ether oxygens (including phenoxy) is 4. The van der Waals surface area contributed by atoms with Crippen molar-refractivity contribution in [3.05, 3.63) is 0 Å². The number of nitrogens with zero attached hydrogens (tertiary/aromatic N) is 1. The molecule has 9 heteroatoms. The zero-order valence-corrected chi connectivity index (χ0v) is 30.3. The normalized spacial score (nSPS) is 51.1. The molecule has 3 N–H and O–H groups in total. The molecule has 0 bridgehead atoms. The molecule has 0 amide bonds. The zero-order chi connectivity index (χ0) is 33.9. The van der Waals surface area contributed by atoms with Gasteiger partial charge in [-0.25, -0.2) is 0 Å². The predicted molar refractivity (Wildman–Crippen MR) is 176 cm³/mol. The molecule has 0 aromatic heterocycles. The summed E-state index contributed by atoms with van der Waals surface area (Å²) in [6, 6.07) is 0. The van der Waals surface area contributed by atoms with E-state index in [0.717, 1.165) is 38.5 Å². The van der Waals surface area contributed by atoms with Crippen LogP contribution < -0.4 is 0 Å². The van der Waals surface area contributed by atoms with Gasteiger partial charge in [0, 0.05) is 18.6 Å². The molecular weight excluding hydrogens is 598 g/mol. The van der Waals surface area contributed by atoms with Gasteiger partial charge in [-0.15, -0.1) is 0 Å². The Morgan fingerprint density at radius 3 is 2.45 bits per heavy atom. The fourth-order valence-electron chi connectivity index (χ4n) is 14.0. The van der Waals surface area contributed by atoms with Crippen molar-refractivity contribution in [1.29, 1.82) is 0 Å². The summed E-state index contributed by atoms with van der Waals surface area (Å²) in [5.74, 6) is 0.843. The number of aliphatic carboxylic acids is 1. The van der Waals surface area contributed by atoms with Crippen LogP contribution in [-0.2, 0) is 23.7 Å². The van der Waals surface area contributed by atoms with Gasteiger partial charge in [0.2, 0.25) is 0 Å². The van der Waals surface area contributed by atoms with E-state index < -0.39 is 23.8 Å². The minimum atomic E-state index is -1.03. The molecule has 2 spiro atoms. The number of hydrogen-bond acceptors (Lipinski definition) is 8. The molecular formula is C38H63NO8. The van der Waals surface area contributed by atoms with Crippen molar-refractivity contribution >= 4 is 5.97 Å². The van der Waals surface area contributed by atoms with Gasteiger partial charge in [0.25, 0.3) is 0 Å². The van der Waals surface area contributed by atoms with Crippen LogP contribution in [0.4, 0.5) is 0 Å². The highest BCUT2D eigenvalue weighted by molar-refractivity contribution is 5.69. The second-order valence-corrected chi connectivity index (χ2v) is 18.6. The van der Waals surface area contributed by atoms with Crippen LogP contribution in [0.25, 0.3) is 0 Å². The summed E-state index contributed by atoms with van der Waals surface area (Å²) < 4.78 is 25.8. The topological polar surface area (TPSA) is 118 Å². The summed E-state index contributed by atoms with van der Waals surface area (Å²) in [5, 5.41) is 32.9. The average molecular weight is 662 g/mol. The van der Waals surface area contributed by atoms with Crippen LogP contribution in [0.3, 0.4) is 0 Å². The average Bonchev–Trinajstić information content (AvgIpc) is 3.61. The van der Waals surface area contributed by atoms with Gasteiger partial charge in [-0.2, -0.15) is 0 Å². The van der Waals surface area contributed by atoms with Gasteiger partial charge in [-0.1, -0.05) is 34.6 Å². The minimum absolute atomic E-state index is 0.0141. The van der Waals surface area contributed by atoms with Crippen molar-refractivity contribution < 1.29 is 39.1 Å². The third-order valence-electron chi connectivity index (χ3n) is 15.9. The van der Waals surface area contributed by atoms with Gasteiger partial charge < -0.3 is 34.3 Å². The predicted octanol–water partition coefficient (Wildman–Crippen LogP) is 5.10. The van der Waals surface area contributed by atoms with Gasteiger partial charge in [0.05, 0.1) is 49.7 Å². The zero-order valence-electron chi connectivity index (χ0n) is 30.3. The van der Waals surface area contributed by atoms with Crippen LogP contribution in [0.15, 0.2) is 0 Å². The minimum Gasteiger partial charge on any atom is -0.480 e. The molecule has 14 atom stereocenters. The molecule has 5 aliphatic carbocycles. The number of hydrogen-bond donors (Lipinski definition) is 3. The Balaban J connectivity index is 1.12. The van der Waals surface area contributed by atoms with Gasteiger partial charge in [0.1, 0.15) is 6.10 Å². The Labute approximate surface area is 282 Å². The molecule has 0 radical (unpaired) electrons. The van der Waals surface area contributed by atoms with Crippen molar-refractivity contribution in [2.45, 2.75) is 149 Å². The molecule has 0 aromatic rings. The van der Waals surface area contributed by atoms with Crippen LogP contribution in [-0.4, -0.2) is 101 Å². The largest absolute Gasteiger partial charge is 0.480 e. The maximum absolute atomic E-state index is 12.6. The van der Waals surface area contributed by atoms with E-state index in [0.29, 0.717) is 44.1 Å². The molecule has 7 aliphatic rings.